The fraction of sp³-hybridized carbons (Fsp3) is 0.300. The van der Waals surface area contributed by atoms with Gasteiger partial charge in [-0.25, -0.2) is 4.79 Å². The molecule has 2 aromatic rings. The third-order valence-electron chi connectivity index (χ3n) is 4.62. The van der Waals surface area contributed by atoms with Gasteiger partial charge in [-0.3, -0.25) is 4.79 Å². The van der Waals surface area contributed by atoms with Crippen molar-refractivity contribution in [3.63, 3.8) is 0 Å². The predicted molar refractivity (Wildman–Crippen MR) is 103 cm³/mol. The van der Waals surface area contributed by atoms with Crippen molar-refractivity contribution in [1.29, 1.82) is 0 Å². The van der Waals surface area contributed by atoms with E-state index in [4.69, 9.17) is 14.2 Å². The minimum atomic E-state index is -0.331. The molecule has 2 aliphatic heterocycles. The fourth-order valence-corrected chi connectivity index (χ4v) is 3.08. The van der Waals surface area contributed by atoms with Crippen LogP contribution in [0.2, 0.25) is 0 Å². The van der Waals surface area contributed by atoms with Crippen molar-refractivity contribution in [2.45, 2.75) is 12.5 Å². The van der Waals surface area contributed by atoms with E-state index in [1.807, 2.05) is 24.3 Å². The molecular formula is C20H21N3O5. The molecule has 0 aromatic heterocycles. The Morgan fingerprint density at radius 2 is 1.96 bits per heavy atom. The molecule has 146 valence electrons. The molecule has 2 aliphatic rings. The zero-order chi connectivity index (χ0) is 19.5. The summed E-state index contributed by atoms with van der Waals surface area (Å²) in [4.78, 5) is 25.4. The number of para-hydroxylation sites is 2. The van der Waals surface area contributed by atoms with Crippen molar-refractivity contribution in [2.75, 3.05) is 37.0 Å². The Balaban J connectivity index is 1.27. The molecule has 8 nitrogen and oxygen atoms in total. The maximum absolute atomic E-state index is 12.2. The molecule has 2 aromatic carbocycles. The van der Waals surface area contributed by atoms with Crippen LogP contribution in [0.25, 0.3) is 0 Å². The molecule has 1 atom stereocenters. The third kappa shape index (κ3) is 3.80. The van der Waals surface area contributed by atoms with Crippen LogP contribution in [0.5, 0.6) is 17.2 Å². The number of likely N-dealkylation sites (N-methyl/N-ethyl adjacent to an activating group) is 1. The largest absolute Gasteiger partial charge is 0.486 e. The van der Waals surface area contributed by atoms with Crippen LogP contribution in [0.3, 0.4) is 0 Å². The molecular weight excluding hydrogens is 362 g/mol. The van der Waals surface area contributed by atoms with Gasteiger partial charge >= 0.3 is 6.03 Å². The van der Waals surface area contributed by atoms with Gasteiger partial charge in [0, 0.05) is 25.7 Å². The quantitative estimate of drug-likeness (QED) is 0.846. The predicted octanol–water partition coefficient (Wildman–Crippen LogP) is 2.39. The van der Waals surface area contributed by atoms with E-state index in [1.54, 1.807) is 25.2 Å². The van der Waals surface area contributed by atoms with Gasteiger partial charge in [0.1, 0.15) is 18.5 Å². The standard InChI is InChI=1S/C20H21N3O5/c1-23-15-10-13(6-7-16(15)27-12-19(23)24)22-20(25)21-9-8-14-11-26-17-4-2-3-5-18(17)28-14/h2-7,10,14H,8-9,11-12H2,1H3,(H2,21,22,25). The zero-order valence-electron chi connectivity index (χ0n) is 15.4. The van der Waals surface area contributed by atoms with Crippen LogP contribution in [0, 0.1) is 0 Å². The highest BCUT2D eigenvalue weighted by Gasteiger charge is 2.23. The molecule has 2 N–H and O–H groups in total. The smallest absolute Gasteiger partial charge is 0.319 e. The zero-order valence-corrected chi connectivity index (χ0v) is 15.4. The van der Waals surface area contributed by atoms with Gasteiger partial charge in [-0.05, 0) is 30.3 Å². The van der Waals surface area contributed by atoms with E-state index < -0.39 is 0 Å². The molecule has 0 radical (unpaired) electrons. The molecule has 0 spiro atoms. The molecule has 0 fully saturated rings. The SMILES string of the molecule is CN1C(=O)COc2ccc(NC(=O)NCCC3COc4ccccc4O3)cc21. The summed E-state index contributed by atoms with van der Waals surface area (Å²) < 4.78 is 16.9. The lowest BCUT2D eigenvalue weighted by Crippen LogP contribution is -2.36. The fourth-order valence-electron chi connectivity index (χ4n) is 3.08. The van der Waals surface area contributed by atoms with Crippen LogP contribution in [0.4, 0.5) is 16.2 Å². The summed E-state index contributed by atoms with van der Waals surface area (Å²) in [6, 6.07) is 12.4. The van der Waals surface area contributed by atoms with Gasteiger partial charge in [0.05, 0.1) is 5.69 Å². The Kier molecular flexibility index (Phi) is 4.92. The average Bonchev–Trinajstić information content (AvgIpc) is 2.71. The van der Waals surface area contributed by atoms with E-state index >= 15 is 0 Å². The van der Waals surface area contributed by atoms with Gasteiger partial charge in [-0.1, -0.05) is 12.1 Å². The van der Waals surface area contributed by atoms with Crippen LogP contribution in [0.1, 0.15) is 6.42 Å². The first-order chi connectivity index (χ1) is 13.6. The van der Waals surface area contributed by atoms with Crippen LogP contribution < -0.4 is 29.7 Å². The number of benzene rings is 2. The first-order valence-corrected chi connectivity index (χ1v) is 9.07. The number of hydrogen-bond acceptors (Lipinski definition) is 5. The Bertz CT molecular complexity index is 901. The number of fused-ring (bicyclic) bond motifs is 2. The summed E-state index contributed by atoms with van der Waals surface area (Å²) in [5.41, 5.74) is 1.20. The Labute approximate surface area is 162 Å². The number of nitrogens with one attached hydrogen (secondary N) is 2. The lowest BCUT2D eigenvalue weighted by atomic mass is 10.2. The normalized spacial score (nSPS) is 17.4. The topological polar surface area (TPSA) is 89.1 Å². The molecule has 2 heterocycles. The molecule has 0 aliphatic carbocycles. The second-order valence-corrected chi connectivity index (χ2v) is 6.59. The number of rotatable bonds is 4. The maximum Gasteiger partial charge on any atom is 0.319 e. The van der Waals surface area contributed by atoms with Crippen molar-refractivity contribution in [3.05, 3.63) is 42.5 Å². The van der Waals surface area contributed by atoms with Crippen molar-refractivity contribution < 1.29 is 23.8 Å². The minimum absolute atomic E-state index is 0.0220. The van der Waals surface area contributed by atoms with E-state index in [0.29, 0.717) is 36.7 Å². The lowest BCUT2D eigenvalue weighted by Gasteiger charge is -2.26. The highest BCUT2D eigenvalue weighted by Crippen LogP contribution is 2.34. The first kappa shape index (κ1) is 18.0. The van der Waals surface area contributed by atoms with E-state index in [2.05, 4.69) is 10.6 Å². The lowest BCUT2D eigenvalue weighted by molar-refractivity contribution is -0.120. The molecule has 1 unspecified atom stereocenters. The van der Waals surface area contributed by atoms with Gasteiger partial charge in [-0.15, -0.1) is 0 Å². The van der Waals surface area contributed by atoms with Crippen LogP contribution >= 0.6 is 0 Å². The molecule has 4 rings (SSSR count). The number of carbonyl (C=O) groups is 2. The van der Waals surface area contributed by atoms with Crippen LogP contribution in [-0.4, -0.2) is 44.8 Å². The molecule has 0 bridgehead atoms. The van der Waals surface area contributed by atoms with Gasteiger partial charge in [0.15, 0.2) is 18.1 Å². The van der Waals surface area contributed by atoms with Crippen molar-refractivity contribution in [3.8, 4) is 17.2 Å². The van der Waals surface area contributed by atoms with Gasteiger partial charge in [-0.2, -0.15) is 0 Å². The Morgan fingerprint density at radius 1 is 1.14 bits per heavy atom. The molecule has 3 amide bonds. The number of urea groups is 1. The third-order valence-corrected chi connectivity index (χ3v) is 4.62. The van der Waals surface area contributed by atoms with Gasteiger partial charge < -0.3 is 29.7 Å². The second-order valence-electron chi connectivity index (χ2n) is 6.59. The van der Waals surface area contributed by atoms with E-state index in [0.717, 1.165) is 11.5 Å². The maximum atomic E-state index is 12.2. The Morgan fingerprint density at radius 3 is 2.82 bits per heavy atom. The number of carbonyl (C=O) groups excluding carboxylic acids is 2. The highest BCUT2D eigenvalue weighted by molar-refractivity contribution is 5.99. The molecule has 8 heteroatoms. The van der Waals surface area contributed by atoms with E-state index in [9.17, 15) is 9.59 Å². The van der Waals surface area contributed by atoms with Crippen LogP contribution in [0.15, 0.2) is 42.5 Å². The number of ether oxygens (including phenoxy) is 3. The average molecular weight is 383 g/mol. The van der Waals surface area contributed by atoms with Crippen molar-refractivity contribution in [2.24, 2.45) is 0 Å². The van der Waals surface area contributed by atoms with E-state index in [-0.39, 0.29) is 24.6 Å². The second kappa shape index (κ2) is 7.67. The summed E-state index contributed by atoms with van der Waals surface area (Å²) in [6.45, 7) is 0.911. The van der Waals surface area contributed by atoms with Gasteiger partial charge in [0.2, 0.25) is 0 Å². The van der Waals surface area contributed by atoms with E-state index in [1.165, 1.54) is 4.90 Å². The summed E-state index contributed by atoms with van der Waals surface area (Å²) >= 11 is 0. The molecule has 0 saturated carbocycles. The van der Waals surface area contributed by atoms with Crippen molar-refractivity contribution in [1.82, 2.24) is 5.32 Å². The Hall–Kier alpha value is -3.42. The number of anilines is 2. The highest BCUT2D eigenvalue weighted by atomic mass is 16.6. The summed E-state index contributed by atoms with van der Waals surface area (Å²) in [7, 11) is 1.68. The number of nitrogens with zero attached hydrogens (tertiary/aromatic N) is 1. The summed E-state index contributed by atoms with van der Waals surface area (Å²) in [6.07, 6.45) is 0.507. The minimum Gasteiger partial charge on any atom is -0.486 e. The van der Waals surface area contributed by atoms with Crippen molar-refractivity contribution >= 4 is 23.3 Å². The molecule has 28 heavy (non-hydrogen) atoms. The number of amides is 3. The summed E-state index contributed by atoms with van der Waals surface area (Å²) in [5, 5.41) is 5.57. The monoisotopic (exact) mass is 383 g/mol. The van der Waals surface area contributed by atoms with Gasteiger partial charge in [0.25, 0.3) is 5.91 Å². The summed E-state index contributed by atoms with van der Waals surface area (Å²) in [5.74, 6) is 1.94. The number of hydrogen-bond donors (Lipinski definition) is 2. The van der Waals surface area contributed by atoms with Crippen LogP contribution in [-0.2, 0) is 4.79 Å². The molecule has 0 saturated heterocycles. The first-order valence-electron chi connectivity index (χ1n) is 9.07.